The van der Waals surface area contributed by atoms with Crippen LogP contribution >= 0.6 is 11.3 Å². The molecule has 0 unspecified atom stereocenters. The van der Waals surface area contributed by atoms with Gasteiger partial charge in [0.05, 0.1) is 11.3 Å². The second-order valence-corrected chi connectivity index (χ2v) is 6.77. The average Bonchev–Trinajstić information content (AvgIpc) is 3.34. The molecule has 0 amide bonds. The van der Waals surface area contributed by atoms with Crippen LogP contribution in [0, 0.1) is 11.3 Å². The molecular formula is C21H15N5S. The molecule has 0 saturated heterocycles. The number of hydrogen-bond donors (Lipinski definition) is 0. The normalized spacial score (nSPS) is 11.3. The fourth-order valence-electron chi connectivity index (χ4n) is 2.77. The number of benzene rings is 2. The highest BCUT2D eigenvalue weighted by Gasteiger charge is 2.15. The second kappa shape index (κ2) is 7.36. The minimum atomic E-state index is 0.432. The van der Waals surface area contributed by atoms with E-state index in [-0.39, 0.29) is 0 Å². The minimum Gasteiger partial charge on any atom is -0.310 e. The van der Waals surface area contributed by atoms with Crippen molar-refractivity contribution in [2.45, 2.75) is 0 Å². The summed E-state index contributed by atoms with van der Waals surface area (Å²) in [6, 6.07) is 22.0. The lowest BCUT2D eigenvalue weighted by Gasteiger charge is -2.02. The van der Waals surface area contributed by atoms with E-state index in [1.165, 1.54) is 11.3 Å². The Morgan fingerprint density at radius 3 is 2.33 bits per heavy atom. The molecule has 0 N–H and O–H groups in total. The molecule has 0 fully saturated rings. The Hall–Kier alpha value is -3.56. The standard InChI is InChI=1S/C21H15N5S/c1-26-20(16-10-6-3-7-11-16)24-25-21(26)17(13-22)12-19-23-18(14-27-19)15-8-4-2-5-9-15/h2-12,14H,1H3/b17-12-. The summed E-state index contributed by atoms with van der Waals surface area (Å²) in [5, 5.41) is 20.9. The van der Waals surface area contributed by atoms with Crippen LogP contribution in [-0.4, -0.2) is 19.7 Å². The van der Waals surface area contributed by atoms with Gasteiger partial charge in [-0.1, -0.05) is 60.7 Å². The largest absolute Gasteiger partial charge is 0.310 e. The summed E-state index contributed by atoms with van der Waals surface area (Å²) in [5.74, 6) is 1.24. The number of allylic oxidation sites excluding steroid dienone is 1. The van der Waals surface area contributed by atoms with Crippen LogP contribution in [0.1, 0.15) is 10.8 Å². The minimum absolute atomic E-state index is 0.432. The van der Waals surface area contributed by atoms with Gasteiger partial charge in [-0.15, -0.1) is 21.5 Å². The molecule has 0 aliphatic heterocycles. The maximum Gasteiger partial charge on any atom is 0.174 e. The van der Waals surface area contributed by atoms with Crippen LogP contribution in [0.4, 0.5) is 0 Å². The Labute approximate surface area is 160 Å². The molecule has 0 aliphatic rings. The van der Waals surface area contributed by atoms with Gasteiger partial charge in [-0.05, 0) is 6.08 Å². The van der Waals surface area contributed by atoms with Crippen molar-refractivity contribution in [2.75, 3.05) is 0 Å². The van der Waals surface area contributed by atoms with Crippen molar-refractivity contribution < 1.29 is 0 Å². The van der Waals surface area contributed by atoms with E-state index in [2.05, 4.69) is 21.3 Å². The Kier molecular flexibility index (Phi) is 4.60. The summed E-state index contributed by atoms with van der Waals surface area (Å²) in [4.78, 5) is 4.62. The molecule has 2 aromatic heterocycles. The van der Waals surface area contributed by atoms with Crippen molar-refractivity contribution >= 4 is 23.0 Å². The van der Waals surface area contributed by atoms with Gasteiger partial charge in [0.2, 0.25) is 0 Å². The zero-order chi connectivity index (χ0) is 18.6. The Morgan fingerprint density at radius 2 is 1.67 bits per heavy atom. The van der Waals surface area contributed by atoms with Gasteiger partial charge in [-0.2, -0.15) is 5.26 Å². The molecule has 2 aromatic carbocycles. The van der Waals surface area contributed by atoms with Crippen molar-refractivity contribution in [1.82, 2.24) is 19.7 Å². The van der Waals surface area contributed by atoms with Gasteiger partial charge in [0, 0.05) is 23.6 Å². The summed E-state index contributed by atoms with van der Waals surface area (Å²) in [5.41, 5.74) is 3.34. The highest BCUT2D eigenvalue weighted by Crippen LogP contribution is 2.26. The van der Waals surface area contributed by atoms with E-state index >= 15 is 0 Å². The molecule has 6 heteroatoms. The number of hydrogen-bond acceptors (Lipinski definition) is 5. The van der Waals surface area contributed by atoms with Crippen molar-refractivity contribution in [3.63, 3.8) is 0 Å². The first-order valence-electron chi connectivity index (χ1n) is 8.34. The molecule has 0 bridgehead atoms. The third-order valence-corrected chi connectivity index (χ3v) is 4.92. The first-order chi connectivity index (χ1) is 13.3. The molecule has 0 aliphatic carbocycles. The molecule has 4 rings (SSSR count). The fraction of sp³-hybridized carbons (Fsp3) is 0.0476. The molecule has 4 aromatic rings. The third kappa shape index (κ3) is 3.41. The van der Waals surface area contributed by atoms with Crippen molar-refractivity contribution in [3.05, 3.63) is 76.9 Å². The van der Waals surface area contributed by atoms with Crippen LogP contribution in [0.25, 0.3) is 34.3 Å². The van der Waals surface area contributed by atoms with Crippen LogP contribution in [0.15, 0.2) is 66.0 Å². The lowest BCUT2D eigenvalue weighted by molar-refractivity contribution is 0.901. The molecule has 0 saturated carbocycles. The van der Waals surface area contributed by atoms with Crippen LogP contribution in [0.5, 0.6) is 0 Å². The monoisotopic (exact) mass is 369 g/mol. The van der Waals surface area contributed by atoms with Gasteiger partial charge in [0.15, 0.2) is 11.6 Å². The van der Waals surface area contributed by atoms with Crippen molar-refractivity contribution in [1.29, 1.82) is 5.26 Å². The van der Waals surface area contributed by atoms with Gasteiger partial charge in [0.1, 0.15) is 11.1 Å². The molecule has 0 atom stereocenters. The lowest BCUT2D eigenvalue weighted by atomic mass is 10.2. The highest BCUT2D eigenvalue weighted by molar-refractivity contribution is 7.10. The van der Waals surface area contributed by atoms with Crippen LogP contribution in [0.3, 0.4) is 0 Å². The SMILES string of the molecule is Cn1c(/C(C#N)=C\c2nc(-c3ccccc3)cs2)nnc1-c1ccccc1. The summed E-state index contributed by atoms with van der Waals surface area (Å²) in [7, 11) is 1.86. The predicted molar refractivity (Wildman–Crippen MR) is 107 cm³/mol. The molecule has 130 valence electrons. The van der Waals surface area contributed by atoms with Crippen LogP contribution < -0.4 is 0 Å². The van der Waals surface area contributed by atoms with E-state index < -0.39 is 0 Å². The zero-order valence-electron chi connectivity index (χ0n) is 14.6. The van der Waals surface area contributed by atoms with Gasteiger partial charge < -0.3 is 4.57 Å². The van der Waals surface area contributed by atoms with Gasteiger partial charge >= 0.3 is 0 Å². The van der Waals surface area contributed by atoms with E-state index in [1.807, 2.05) is 77.7 Å². The summed E-state index contributed by atoms with van der Waals surface area (Å²) in [6.45, 7) is 0. The van der Waals surface area contributed by atoms with Crippen molar-refractivity contribution in [3.8, 4) is 28.7 Å². The topological polar surface area (TPSA) is 67.4 Å². The van der Waals surface area contributed by atoms with E-state index in [0.29, 0.717) is 11.4 Å². The fourth-order valence-corrected chi connectivity index (χ4v) is 3.53. The number of nitrogens with zero attached hydrogens (tertiary/aromatic N) is 5. The third-order valence-electron chi connectivity index (χ3n) is 4.13. The molecule has 27 heavy (non-hydrogen) atoms. The quantitative estimate of drug-likeness (QED) is 0.490. The smallest absolute Gasteiger partial charge is 0.174 e. The summed E-state index contributed by atoms with van der Waals surface area (Å²) >= 11 is 1.50. The summed E-state index contributed by atoms with van der Waals surface area (Å²) < 4.78 is 1.83. The lowest BCUT2D eigenvalue weighted by Crippen LogP contribution is -1.98. The first-order valence-corrected chi connectivity index (χ1v) is 9.22. The molecule has 0 radical (unpaired) electrons. The summed E-state index contributed by atoms with van der Waals surface area (Å²) in [6.07, 6.45) is 1.76. The zero-order valence-corrected chi connectivity index (χ0v) is 15.4. The number of aromatic nitrogens is 4. The van der Waals surface area contributed by atoms with Crippen LogP contribution in [-0.2, 0) is 7.05 Å². The van der Waals surface area contributed by atoms with E-state index in [1.54, 1.807) is 6.08 Å². The van der Waals surface area contributed by atoms with E-state index in [4.69, 9.17) is 0 Å². The molecule has 5 nitrogen and oxygen atoms in total. The Morgan fingerprint density at radius 1 is 1.00 bits per heavy atom. The van der Waals surface area contributed by atoms with E-state index in [0.717, 1.165) is 27.7 Å². The number of thiazole rings is 1. The van der Waals surface area contributed by atoms with Crippen molar-refractivity contribution in [2.24, 2.45) is 7.05 Å². The number of nitriles is 1. The van der Waals surface area contributed by atoms with Gasteiger partial charge in [0.25, 0.3) is 0 Å². The van der Waals surface area contributed by atoms with Gasteiger partial charge in [-0.25, -0.2) is 4.98 Å². The number of rotatable bonds is 4. The first kappa shape index (κ1) is 16.9. The van der Waals surface area contributed by atoms with E-state index in [9.17, 15) is 5.26 Å². The second-order valence-electron chi connectivity index (χ2n) is 5.88. The maximum absolute atomic E-state index is 9.65. The predicted octanol–water partition coefficient (Wildman–Crippen LogP) is 4.67. The maximum atomic E-state index is 9.65. The average molecular weight is 369 g/mol. The highest BCUT2D eigenvalue weighted by atomic mass is 32.1. The van der Waals surface area contributed by atoms with Gasteiger partial charge in [-0.3, -0.25) is 0 Å². The molecular weight excluding hydrogens is 354 g/mol. The Bertz CT molecular complexity index is 1130. The Balaban J connectivity index is 1.68. The molecule has 0 spiro atoms. The molecule has 2 heterocycles. The van der Waals surface area contributed by atoms with Crippen LogP contribution in [0.2, 0.25) is 0 Å².